The van der Waals surface area contributed by atoms with E-state index < -0.39 is 0 Å². The maximum Gasteiger partial charge on any atom is 0.260 e. The Kier molecular flexibility index (Phi) is 3.08. The van der Waals surface area contributed by atoms with Crippen LogP contribution < -0.4 is 10.5 Å². The van der Waals surface area contributed by atoms with Crippen LogP contribution in [0.3, 0.4) is 0 Å². The summed E-state index contributed by atoms with van der Waals surface area (Å²) in [5.74, 6) is -0.248. The van der Waals surface area contributed by atoms with Crippen LogP contribution in [0.15, 0.2) is 46.7 Å². The van der Waals surface area contributed by atoms with Gasteiger partial charge in [-0.3, -0.25) is 14.5 Å². The Bertz CT molecular complexity index is 824. The first-order valence-electron chi connectivity index (χ1n) is 5.96. The molecule has 0 fully saturated rings. The third-order valence-corrected chi connectivity index (χ3v) is 3.84. The molecule has 1 amide bonds. The lowest BCUT2D eigenvalue weighted by Gasteiger charge is -2.14. The molecule has 2 heterocycles. The molecular weight excluding hydrogens is 274 g/mol. The summed E-state index contributed by atoms with van der Waals surface area (Å²) in [6.07, 6.45) is 1.64. The van der Waals surface area contributed by atoms with Gasteiger partial charge in [0.2, 0.25) is 5.56 Å². The molecule has 3 rings (SSSR count). The van der Waals surface area contributed by atoms with E-state index in [1.54, 1.807) is 24.7 Å². The highest BCUT2D eigenvalue weighted by Crippen LogP contribution is 2.21. The fraction of sp³-hybridized carbons (Fsp3) is 0.0714. The first-order valence-corrected chi connectivity index (χ1v) is 6.84. The van der Waals surface area contributed by atoms with E-state index in [4.69, 9.17) is 0 Å². The number of carbonyl (C=O) groups excluding carboxylic acids is 1. The molecule has 0 saturated heterocycles. The van der Waals surface area contributed by atoms with Gasteiger partial charge in [0.05, 0.1) is 5.56 Å². The summed E-state index contributed by atoms with van der Waals surface area (Å²) < 4.78 is 0. The lowest BCUT2D eigenvalue weighted by molar-refractivity contribution is 0.0994. The first kappa shape index (κ1) is 12.6. The lowest BCUT2D eigenvalue weighted by Crippen LogP contribution is -2.27. The van der Waals surface area contributed by atoms with Gasteiger partial charge in [-0.25, -0.2) is 4.98 Å². The molecule has 0 saturated carbocycles. The average Bonchev–Trinajstić information content (AvgIpc) is 2.99. The number of hydrogen-bond donors (Lipinski definition) is 1. The van der Waals surface area contributed by atoms with E-state index in [9.17, 15) is 9.59 Å². The molecule has 0 atom stereocenters. The molecule has 1 N–H and O–H groups in total. The van der Waals surface area contributed by atoms with Crippen molar-refractivity contribution in [3.8, 4) is 0 Å². The Labute approximate surface area is 118 Å². The van der Waals surface area contributed by atoms with Crippen LogP contribution in [0.5, 0.6) is 0 Å². The number of aromatic amines is 1. The zero-order valence-electron chi connectivity index (χ0n) is 10.7. The Morgan fingerprint density at radius 2 is 2.15 bits per heavy atom. The third kappa shape index (κ3) is 2.10. The van der Waals surface area contributed by atoms with Crippen molar-refractivity contribution in [2.45, 2.75) is 0 Å². The second-order valence-electron chi connectivity index (χ2n) is 4.27. The highest BCUT2D eigenvalue weighted by atomic mass is 32.1. The Balaban J connectivity index is 2.14. The van der Waals surface area contributed by atoms with Gasteiger partial charge < -0.3 is 4.98 Å². The van der Waals surface area contributed by atoms with Crippen LogP contribution in [0.1, 0.15) is 10.4 Å². The van der Waals surface area contributed by atoms with E-state index in [0.717, 1.165) is 5.39 Å². The lowest BCUT2D eigenvalue weighted by atomic mass is 10.1. The van der Waals surface area contributed by atoms with Crippen molar-refractivity contribution < 1.29 is 4.79 Å². The zero-order valence-corrected chi connectivity index (χ0v) is 11.5. The molecule has 3 aromatic rings. The molecule has 100 valence electrons. The molecule has 0 spiro atoms. The molecule has 0 aliphatic carbocycles. The maximum atomic E-state index is 12.5. The highest BCUT2D eigenvalue weighted by molar-refractivity contribution is 7.13. The highest BCUT2D eigenvalue weighted by Gasteiger charge is 2.18. The second-order valence-corrected chi connectivity index (χ2v) is 5.14. The molecule has 20 heavy (non-hydrogen) atoms. The quantitative estimate of drug-likeness (QED) is 0.785. The Morgan fingerprint density at radius 1 is 1.35 bits per heavy atom. The van der Waals surface area contributed by atoms with Gasteiger partial charge in [0.25, 0.3) is 5.91 Å². The summed E-state index contributed by atoms with van der Waals surface area (Å²) >= 11 is 1.37. The number of nitrogens with one attached hydrogen (secondary N) is 1. The summed E-state index contributed by atoms with van der Waals surface area (Å²) in [5.41, 5.74) is 0.734. The van der Waals surface area contributed by atoms with Crippen LogP contribution in [0.2, 0.25) is 0 Å². The number of amides is 1. The van der Waals surface area contributed by atoms with E-state index >= 15 is 0 Å². The number of aromatic nitrogens is 2. The number of benzene rings is 1. The smallest absolute Gasteiger partial charge is 0.260 e. The summed E-state index contributed by atoms with van der Waals surface area (Å²) in [7, 11) is 1.65. The summed E-state index contributed by atoms with van der Waals surface area (Å²) in [5, 5.41) is 3.12. The van der Waals surface area contributed by atoms with Crippen LogP contribution in [0.4, 0.5) is 5.13 Å². The molecule has 0 unspecified atom stereocenters. The maximum absolute atomic E-state index is 12.5. The number of hydrogen-bond acceptors (Lipinski definition) is 4. The van der Waals surface area contributed by atoms with Crippen LogP contribution in [0.25, 0.3) is 10.9 Å². The molecular formula is C14H11N3O2S. The van der Waals surface area contributed by atoms with Gasteiger partial charge >= 0.3 is 0 Å². The van der Waals surface area contributed by atoms with Gasteiger partial charge in [-0.1, -0.05) is 18.2 Å². The number of anilines is 1. The number of nitrogens with zero attached hydrogens (tertiary/aromatic N) is 2. The van der Waals surface area contributed by atoms with Gasteiger partial charge in [-0.2, -0.15) is 0 Å². The largest absolute Gasteiger partial charge is 0.322 e. The van der Waals surface area contributed by atoms with Crippen molar-refractivity contribution in [3.05, 3.63) is 57.8 Å². The summed E-state index contributed by atoms with van der Waals surface area (Å²) in [6.45, 7) is 0. The summed E-state index contributed by atoms with van der Waals surface area (Å²) in [6, 6.07) is 8.57. The standard InChI is InChI=1S/C14H11N3O2S/c1-17(14-15-6-7-20-14)13(19)10-8-12(18)16-11-5-3-2-4-9(10)11/h2-8H,1H3,(H,16,18). The van der Waals surface area contributed by atoms with Crippen LogP contribution in [-0.2, 0) is 0 Å². The normalized spacial score (nSPS) is 10.7. The van der Waals surface area contributed by atoms with Gasteiger partial charge in [0.1, 0.15) is 0 Å². The molecule has 0 bridgehead atoms. The molecule has 0 aliphatic heterocycles. The number of fused-ring (bicyclic) bond motifs is 1. The van der Waals surface area contributed by atoms with E-state index in [-0.39, 0.29) is 11.5 Å². The second kappa shape index (κ2) is 4.90. The number of thiazole rings is 1. The SMILES string of the molecule is CN(C(=O)c1cc(=O)[nH]c2ccccc12)c1nccs1. The van der Waals surface area contributed by atoms with Crippen molar-refractivity contribution in [1.29, 1.82) is 0 Å². The predicted molar refractivity (Wildman–Crippen MR) is 79.4 cm³/mol. The average molecular weight is 285 g/mol. The first-order chi connectivity index (χ1) is 9.66. The summed E-state index contributed by atoms with van der Waals surface area (Å²) in [4.78, 5) is 32.5. The van der Waals surface area contributed by atoms with Crippen molar-refractivity contribution in [2.24, 2.45) is 0 Å². The number of rotatable bonds is 2. The van der Waals surface area contributed by atoms with Crippen molar-refractivity contribution in [3.63, 3.8) is 0 Å². The number of para-hydroxylation sites is 1. The van der Waals surface area contributed by atoms with Crippen LogP contribution in [0, 0.1) is 0 Å². The molecule has 6 heteroatoms. The van der Waals surface area contributed by atoms with E-state index in [2.05, 4.69) is 9.97 Å². The van der Waals surface area contributed by atoms with E-state index in [1.165, 1.54) is 22.3 Å². The van der Waals surface area contributed by atoms with Gasteiger partial charge in [-0.05, 0) is 6.07 Å². The molecule has 5 nitrogen and oxygen atoms in total. The number of pyridine rings is 1. The minimum Gasteiger partial charge on any atom is -0.322 e. The minimum atomic E-state index is -0.292. The number of H-pyrrole nitrogens is 1. The van der Waals surface area contributed by atoms with Gasteiger partial charge in [-0.15, -0.1) is 11.3 Å². The van der Waals surface area contributed by atoms with Crippen LogP contribution >= 0.6 is 11.3 Å². The van der Waals surface area contributed by atoms with E-state index in [1.807, 2.05) is 18.2 Å². The molecule has 1 aromatic carbocycles. The molecule has 0 aliphatic rings. The fourth-order valence-electron chi connectivity index (χ4n) is 2.03. The van der Waals surface area contributed by atoms with Crippen molar-refractivity contribution in [1.82, 2.24) is 9.97 Å². The van der Waals surface area contributed by atoms with Gasteiger partial charge in [0.15, 0.2) is 5.13 Å². The fourth-order valence-corrected chi connectivity index (χ4v) is 2.64. The third-order valence-electron chi connectivity index (χ3n) is 2.99. The van der Waals surface area contributed by atoms with E-state index in [0.29, 0.717) is 16.2 Å². The van der Waals surface area contributed by atoms with Gasteiger partial charge in [0, 0.05) is 35.6 Å². The van der Waals surface area contributed by atoms with Crippen molar-refractivity contribution >= 4 is 33.3 Å². The van der Waals surface area contributed by atoms with Crippen LogP contribution in [-0.4, -0.2) is 22.9 Å². The minimum absolute atomic E-state index is 0.248. The van der Waals surface area contributed by atoms with Crippen molar-refractivity contribution in [2.75, 3.05) is 11.9 Å². The monoisotopic (exact) mass is 285 g/mol. The Hall–Kier alpha value is -2.47. The molecule has 0 radical (unpaired) electrons. The zero-order chi connectivity index (χ0) is 14.1. The number of carbonyl (C=O) groups is 1. The molecule has 2 aromatic heterocycles. The predicted octanol–water partition coefficient (Wildman–Crippen LogP) is 2.26. The topological polar surface area (TPSA) is 66.1 Å². The Morgan fingerprint density at radius 3 is 2.90 bits per heavy atom.